The van der Waals surface area contributed by atoms with Gasteiger partial charge in [-0.1, -0.05) is 58.5 Å². The minimum Gasteiger partial charge on any atom is -0.310 e. The van der Waals surface area contributed by atoms with Crippen LogP contribution in [0.2, 0.25) is 20.1 Å². The molecule has 0 fully saturated rings. The lowest BCUT2D eigenvalue weighted by molar-refractivity contribution is 0.577. The van der Waals surface area contributed by atoms with E-state index in [1.807, 2.05) is 30.3 Å². The van der Waals surface area contributed by atoms with E-state index in [1.54, 1.807) is 6.07 Å². The number of halogens is 4. The van der Waals surface area contributed by atoms with Gasteiger partial charge in [-0.3, -0.25) is 0 Å². The van der Waals surface area contributed by atoms with Crippen LogP contribution in [0.4, 0.5) is 0 Å². The third kappa shape index (κ3) is 4.77. The maximum Gasteiger partial charge on any atom is 0.0595 e. The molecule has 0 aliphatic carbocycles. The summed E-state index contributed by atoms with van der Waals surface area (Å²) >= 11 is 24.0. The van der Waals surface area contributed by atoms with E-state index < -0.39 is 0 Å². The lowest BCUT2D eigenvalue weighted by atomic mass is 10.1. The molecular weight excluding hydrogens is 348 g/mol. The van der Waals surface area contributed by atoms with Crippen LogP contribution in [0.1, 0.15) is 24.1 Å². The average Bonchev–Trinajstić information content (AvgIpc) is 2.44. The zero-order chi connectivity index (χ0) is 15.4. The summed E-state index contributed by atoms with van der Waals surface area (Å²) < 4.78 is 0. The average molecular weight is 363 g/mol. The summed E-state index contributed by atoms with van der Waals surface area (Å²) in [7, 11) is 0. The van der Waals surface area contributed by atoms with Crippen molar-refractivity contribution in [3.05, 3.63) is 67.6 Å². The Balaban J connectivity index is 1.92. The maximum atomic E-state index is 6.16. The molecule has 0 aliphatic heterocycles. The van der Waals surface area contributed by atoms with E-state index in [0.717, 1.165) is 24.1 Å². The van der Waals surface area contributed by atoms with Crippen LogP contribution in [0.25, 0.3) is 0 Å². The Morgan fingerprint density at radius 1 is 0.905 bits per heavy atom. The lowest BCUT2D eigenvalue weighted by Crippen LogP contribution is -2.21. The maximum absolute atomic E-state index is 6.16. The molecule has 2 rings (SSSR count). The molecule has 0 saturated heterocycles. The largest absolute Gasteiger partial charge is 0.310 e. The molecule has 0 saturated carbocycles. The number of benzene rings is 2. The van der Waals surface area contributed by atoms with Gasteiger partial charge in [0, 0.05) is 16.1 Å². The molecule has 1 N–H and O–H groups in total. The molecule has 112 valence electrons. The zero-order valence-electron chi connectivity index (χ0n) is 11.5. The zero-order valence-corrected chi connectivity index (χ0v) is 14.5. The van der Waals surface area contributed by atoms with E-state index in [2.05, 4.69) is 12.2 Å². The Morgan fingerprint density at radius 3 is 2.33 bits per heavy atom. The van der Waals surface area contributed by atoms with Crippen LogP contribution < -0.4 is 5.32 Å². The second kappa shape index (κ2) is 7.71. The highest BCUT2D eigenvalue weighted by molar-refractivity contribution is 6.42. The molecule has 21 heavy (non-hydrogen) atoms. The first-order valence-corrected chi connectivity index (χ1v) is 8.11. The third-order valence-electron chi connectivity index (χ3n) is 3.30. The topological polar surface area (TPSA) is 12.0 Å². The van der Waals surface area contributed by atoms with E-state index >= 15 is 0 Å². The molecule has 0 amide bonds. The second-order valence-corrected chi connectivity index (χ2v) is 6.49. The van der Waals surface area contributed by atoms with Crippen molar-refractivity contribution in [1.82, 2.24) is 5.32 Å². The van der Waals surface area contributed by atoms with E-state index in [1.165, 1.54) is 0 Å². The van der Waals surface area contributed by atoms with Crippen molar-refractivity contribution < 1.29 is 0 Å². The molecule has 0 aromatic heterocycles. The molecule has 0 heterocycles. The Morgan fingerprint density at radius 2 is 1.67 bits per heavy atom. The summed E-state index contributed by atoms with van der Waals surface area (Å²) in [6.45, 7) is 2.89. The minimum absolute atomic E-state index is 0.186. The highest BCUT2D eigenvalue weighted by atomic mass is 35.5. The SMILES string of the molecule is CC(NCCc1ccc(Cl)cc1Cl)c1ccc(Cl)c(Cl)c1. The molecule has 2 aromatic rings. The standard InChI is InChI=1S/C16H15Cl4N/c1-10(12-3-5-14(18)16(20)8-12)21-7-6-11-2-4-13(17)9-15(11)19/h2-5,8-10,21H,6-7H2,1H3. The van der Waals surface area contributed by atoms with E-state index in [4.69, 9.17) is 46.4 Å². The van der Waals surface area contributed by atoms with Crippen LogP contribution in [0, 0.1) is 0 Å². The summed E-state index contributed by atoms with van der Waals surface area (Å²) in [4.78, 5) is 0. The fourth-order valence-corrected chi connectivity index (χ4v) is 2.86. The van der Waals surface area contributed by atoms with E-state index in [-0.39, 0.29) is 6.04 Å². The molecule has 0 aliphatic rings. The normalized spacial score (nSPS) is 12.4. The molecule has 0 radical (unpaired) electrons. The van der Waals surface area contributed by atoms with Crippen molar-refractivity contribution in [3.63, 3.8) is 0 Å². The Kier molecular flexibility index (Phi) is 6.21. The van der Waals surface area contributed by atoms with Crippen LogP contribution in [0.15, 0.2) is 36.4 Å². The van der Waals surface area contributed by atoms with Gasteiger partial charge in [-0.15, -0.1) is 0 Å². The van der Waals surface area contributed by atoms with Gasteiger partial charge in [0.15, 0.2) is 0 Å². The van der Waals surface area contributed by atoms with Crippen molar-refractivity contribution in [2.45, 2.75) is 19.4 Å². The molecule has 0 bridgehead atoms. The fourth-order valence-electron chi connectivity index (χ4n) is 2.05. The molecule has 1 nitrogen and oxygen atoms in total. The highest BCUT2D eigenvalue weighted by Crippen LogP contribution is 2.26. The lowest BCUT2D eigenvalue weighted by Gasteiger charge is -2.15. The van der Waals surface area contributed by atoms with Crippen LogP contribution >= 0.6 is 46.4 Å². The van der Waals surface area contributed by atoms with Gasteiger partial charge in [0.25, 0.3) is 0 Å². The number of hydrogen-bond acceptors (Lipinski definition) is 1. The van der Waals surface area contributed by atoms with Crippen molar-refractivity contribution >= 4 is 46.4 Å². The van der Waals surface area contributed by atoms with Crippen molar-refractivity contribution in [2.75, 3.05) is 6.54 Å². The minimum atomic E-state index is 0.186. The van der Waals surface area contributed by atoms with Gasteiger partial charge in [-0.2, -0.15) is 0 Å². The molecule has 5 heteroatoms. The Bertz CT molecular complexity index is 628. The van der Waals surface area contributed by atoms with Gasteiger partial charge >= 0.3 is 0 Å². The van der Waals surface area contributed by atoms with Crippen LogP contribution in [0.5, 0.6) is 0 Å². The van der Waals surface area contributed by atoms with Crippen molar-refractivity contribution in [1.29, 1.82) is 0 Å². The van der Waals surface area contributed by atoms with E-state index in [9.17, 15) is 0 Å². The first kappa shape index (κ1) is 16.9. The summed E-state index contributed by atoms with van der Waals surface area (Å²) in [5, 5.41) is 5.94. The number of hydrogen-bond donors (Lipinski definition) is 1. The molecular formula is C16H15Cl4N. The number of nitrogens with one attached hydrogen (secondary N) is 1. The first-order chi connectivity index (χ1) is 9.97. The van der Waals surface area contributed by atoms with Gasteiger partial charge in [0.1, 0.15) is 0 Å². The smallest absolute Gasteiger partial charge is 0.0595 e. The van der Waals surface area contributed by atoms with Gasteiger partial charge in [0.05, 0.1) is 10.0 Å². The highest BCUT2D eigenvalue weighted by Gasteiger charge is 2.08. The van der Waals surface area contributed by atoms with Gasteiger partial charge in [-0.05, 0) is 55.3 Å². The summed E-state index contributed by atoms with van der Waals surface area (Å²) in [5.74, 6) is 0. The second-order valence-electron chi connectivity index (χ2n) is 4.84. The predicted molar refractivity (Wildman–Crippen MR) is 93.0 cm³/mol. The fraction of sp³-hybridized carbons (Fsp3) is 0.250. The first-order valence-electron chi connectivity index (χ1n) is 6.59. The summed E-state index contributed by atoms with van der Waals surface area (Å²) in [6, 6.07) is 11.4. The summed E-state index contributed by atoms with van der Waals surface area (Å²) in [6.07, 6.45) is 0.835. The van der Waals surface area contributed by atoms with Gasteiger partial charge < -0.3 is 5.32 Å². The predicted octanol–water partition coefficient (Wildman–Crippen LogP) is 6.19. The molecule has 1 unspecified atom stereocenters. The quantitative estimate of drug-likeness (QED) is 0.668. The molecule has 0 spiro atoms. The number of rotatable bonds is 5. The van der Waals surface area contributed by atoms with Crippen LogP contribution in [0.3, 0.4) is 0 Å². The van der Waals surface area contributed by atoms with Crippen molar-refractivity contribution in [2.24, 2.45) is 0 Å². The Labute approximate surface area is 145 Å². The Hall–Kier alpha value is -0.440. The van der Waals surface area contributed by atoms with E-state index in [0.29, 0.717) is 20.1 Å². The van der Waals surface area contributed by atoms with Gasteiger partial charge in [-0.25, -0.2) is 0 Å². The third-order valence-corrected chi connectivity index (χ3v) is 4.63. The monoisotopic (exact) mass is 361 g/mol. The van der Waals surface area contributed by atoms with Crippen molar-refractivity contribution in [3.8, 4) is 0 Å². The van der Waals surface area contributed by atoms with Crippen LogP contribution in [-0.2, 0) is 6.42 Å². The molecule has 1 atom stereocenters. The molecule has 2 aromatic carbocycles. The summed E-state index contributed by atoms with van der Waals surface area (Å²) in [5.41, 5.74) is 2.18. The van der Waals surface area contributed by atoms with Gasteiger partial charge in [0.2, 0.25) is 0 Å². The van der Waals surface area contributed by atoms with Crippen LogP contribution in [-0.4, -0.2) is 6.54 Å².